The highest BCUT2D eigenvalue weighted by Gasteiger charge is 2.29. The summed E-state index contributed by atoms with van der Waals surface area (Å²) in [5.74, 6) is -0.752. The number of nitrogens with one attached hydrogen (secondary N) is 2. The minimum absolute atomic E-state index is 0.0272. The summed E-state index contributed by atoms with van der Waals surface area (Å²) in [4.78, 5) is 67.0. The highest BCUT2D eigenvalue weighted by molar-refractivity contribution is 5.84. The Labute approximate surface area is 333 Å². The van der Waals surface area contributed by atoms with E-state index in [0.717, 1.165) is 22.3 Å². The monoisotopic (exact) mass is 781 g/mol. The number of nitrogens with two attached hydrogens (primary N) is 1. The fourth-order valence-corrected chi connectivity index (χ4v) is 5.66. The van der Waals surface area contributed by atoms with E-state index in [9.17, 15) is 24.0 Å². The molecule has 0 spiro atoms. The maximum atomic E-state index is 13.5. The van der Waals surface area contributed by atoms with Crippen molar-refractivity contribution in [1.82, 2.24) is 20.4 Å². The van der Waals surface area contributed by atoms with Crippen LogP contribution in [0, 0.1) is 0 Å². The number of rotatable bonds is 22. The van der Waals surface area contributed by atoms with Gasteiger partial charge in [0.2, 0.25) is 5.91 Å². The van der Waals surface area contributed by atoms with Crippen molar-refractivity contribution in [2.75, 3.05) is 32.7 Å². The van der Waals surface area contributed by atoms with Gasteiger partial charge in [-0.05, 0) is 47.9 Å². The lowest BCUT2D eigenvalue weighted by molar-refractivity contribution is -0.123. The van der Waals surface area contributed by atoms with E-state index < -0.39 is 36.3 Å². The van der Waals surface area contributed by atoms with Gasteiger partial charge < -0.3 is 40.2 Å². The molecule has 4 aromatic rings. The molecule has 5 amide bonds. The first kappa shape index (κ1) is 43.2. The Hall–Kier alpha value is -6.57. The molecule has 4 aromatic carbocycles. The number of carbonyl (C=O) groups is 5. The zero-order valence-corrected chi connectivity index (χ0v) is 32.0. The predicted octanol–water partition coefficient (Wildman–Crippen LogP) is 6.53. The van der Waals surface area contributed by atoms with Crippen molar-refractivity contribution in [3.05, 3.63) is 144 Å². The van der Waals surface area contributed by atoms with Crippen LogP contribution in [-0.2, 0) is 50.2 Å². The lowest BCUT2D eigenvalue weighted by atomic mass is 10.1. The zero-order chi connectivity index (χ0) is 40.5. The molecule has 4 N–H and O–H groups in total. The van der Waals surface area contributed by atoms with Crippen molar-refractivity contribution in [3.63, 3.8) is 0 Å². The maximum absolute atomic E-state index is 13.5. The molecule has 0 aliphatic rings. The van der Waals surface area contributed by atoms with Crippen molar-refractivity contribution in [1.29, 1.82) is 0 Å². The number of hydrogen-bond donors (Lipinski definition) is 3. The molecule has 4 rings (SSSR count). The highest BCUT2D eigenvalue weighted by atomic mass is 16.6. The summed E-state index contributed by atoms with van der Waals surface area (Å²) in [6, 6.07) is 35.8. The van der Waals surface area contributed by atoms with Crippen molar-refractivity contribution in [3.8, 4) is 0 Å². The van der Waals surface area contributed by atoms with Gasteiger partial charge in [-0.1, -0.05) is 121 Å². The van der Waals surface area contributed by atoms with Crippen LogP contribution < -0.4 is 16.4 Å². The quantitative estimate of drug-likeness (QED) is 0.0591. The summed E-state index contributed by atoms with van der Waals surface area (Å²) in [6.07, 6.45) is -1.50. The van der Waals surface area contributed by atoms with Gasteiger partial charge in [-0.3, -0.25) is 9.69 Å². The molecule has 0 aliphatic carbocycles. The highest BCUT2D eigenvalue weighted by Crippen LogP contribution is 2.14. The summed E-state index contributed by atoms with van der Waals surface area (Å²) in [6.45, 7) is 1.06. The lowest BCUT2D eigenvalue weighted by Gasteiger charge is -2.30. The Morgan fingerprint density at radius 3 is 1.28 bits per heavy atom. The van der Waals surface area contributed by atoms with Crippen LogP contribution >= 0.6 is 0 Å². The zero-order valence-electron chi connectivity index (χ0n) is 32.0. The average Bonchev–Trinajstić information content (AvgIpc) is 3.24. The Morgan fingerprint density at radius 2 is 0.860 bits per heavy atom. The van der Waals surface area contributed by atoms with E-state index in [4.69, 9.17) is 24.7 Å². The van der Waals surface area contributed by atoms with E-state index in [1.807, 2.05) is 121 Å². The Kier molecular flexibility index (Phi) is 18.7. The third kappa shape index (κ3) is 16.8. The lowest BCUT2D eigenvalue weighted by Crippen LogP contribution is -2.49. The Morgan fingerprint density at radius 1 is 0.491 bits per heavy atom. The minimum atomic E-state index is -1.08. The second-order valence-corrected chi connectivity index (χ2v) is 13.0. The van der Waals surface area contributed by atoms with Crippen LogP contribution in [-0.4, -0.2) is 78.8 Å². The molecule has 302 valence electrons. The molecule has 14 heteroatoms. The molecule has 1 unspecified atom stereocenters. The van der Waals surface area contributed by atoms with Crippen LogP contribution in [0.5, 0.6) is 0 Å². The maximum Gasteiger partial charge on any atom is 0.410 e. The van der Waals surface area contributed by atoms with Gasteiger partial charge >= 0.3 is 24.4 Å². The number of carbonyl (C=O) groups excluding carboxylic acids is 5. The summed E-state index contributed by atoms with van der Waals surface area (Å²) in [5, 5.41) is 5.36. The first-order chi connectivity index (χ1) is 27.8. The summed E-state index contributed by atoms with van der Waals surface area (Å²) < 4.78 is 21.7. The summed E-state index contributed by atoms with van der Waals surface area (Å²) in [7, 11) is 0. The van der Waals surface area contributed by atoms with Gasteiger partial charge in [-0.25, -0.2) is 19.2 Å². The fraction of sp³-hybridized carbons (Fsp3) is 0.326. The van der Waals surface area contributed by atoms with E-state index >= 15 is 0 Å². The summed E-state index contributed by atoms with van der Waals surface area (Å²) in [5.41, 5.74) is 9.13. The van der Waals surface area contributed by atoms with E-state index in [1.165, 1.54) is 9.80 Å². The number of primary amides is 1. The van der Waals surface area contributed by atoms with Crippen molar-refractivity contribution in [2.24, 2.45) is 5.73 Å². The first-order valence-electron chi connectivity index (χ1n) is 18.9. The molecule has 14 nitrogen and oxygen atoms in total. The van der Waals surface area contributed by atoms with Crippen LogP contribution in [0.3, 0.4) is 0 Å². The largest absolute Gasteiger partial charge is 0.445 e. The van der Waals surface area contributed by atoms with Crippen LogP contribution in [0.25, 0.3) is 0 Å². The molecule has 1 atom stereocenters. The number of ether oxygens (including phenoxy) is 4. The summed E-state index contributed by atoms with van der Waals surface area (Å²) >= 11 is 0. The number of nitrogens with zero attached hydrogens (tertiary/aromatic N) is 2. The third-order valence-corrected chi connectivity index (χ3v) is 8.66. The molecule has 0 saturated heterocycles. The number of alkyl carbamates (subject to hydrolysis) is 2. The van der Waals surface area contributed by atoms with Gasteiger partial charge in [0.25, 0.3) is 0 Å². The Bertz CT molecular complexity index is 1800. The molecule has 0 bridgehead atoms. The van der Waals surface area contributed by atoms with Gasteiger partial charge in [0.05, 0.1) is 0 Å². The predicted molar refractivity (Wildman–Crippen MR) is 212 cm³/mol. The fourth-order valence-electron chi connectivity index (χ4n) is 5.66. The molecular formula is C43H51N5O9. The number of hydrogen-bond acceptors (Lipinski definition) is 9. The van der Waals surface area contributed by atoms with Gasteiger partial charge in [-0.15, -0.1) is 0 Å². The molecule has 0 aromatic heterocycles. The van der Waals surface area contributed by atoms with Crippen molar-refractivity contribution >= 4 is 30.3 Å². The average molecular weight is 782 g/mol. The van der Waals surface area contributed by atoms with Crippen LogP contribution in [0.2, 0.25) is 0 Å². The molecule has 0 fully saturated rings. The second-order valence-electron chi connectivity index (χ2n) is 13.0. The molecule has 0 heterocycles. The minimum Gasteiger partial charge on any atom is -0.445 e. The molecule has 0 radical (unpaired) electrons. The van der Waals surface area contributed by atoms with Gasteiger partial charge in [0.15, 0.2) is 0 Å². The van der Waals surface area contributed by atoms with Crippen LogP contribution in [0.4, 0.5) is 19.2 Å². The standard InChI is InChI=1S/C43H51N5O9/c44-39(49)38(48(43(53)57-33-37-22-11-4-12-23-37)29-15-26-46-41(51)55-31-35-18-7-2-8-19-35)24-13-27-47(42(52)56-32-36-20-9-3-10-21-36)28-14-25-45-40(50)54-30-34-16-5-1-6-17-34/h1-12,16-23,38H,13-15,24-33H2,(H2,44,49)(H,45,50)(H,46,51). The SMILES string of the molecule is NC(=O)C(CCCN(CCCNC(=O)OCc1ccccc1)C(=O)OCc1ccccc1)N(CCCNC(=O)OCc1ccccc1)C(=O)OCc1ccccc1. The van der Waals surface area contributed by atoms with Gasteiger partial charge in [-0.2, -0.15) is 0 Å². The molecular weight excluding hydrogens is 730 g/mol. The Balaban J connectivity index is 1.33. The van der Waals surface area contributed by atoms with Gasteiger partial charge in [0.1, 0.15) is 32.5 Å². The molecule has 0 aliphatic heterocycles. The molecule has 57 heavy (non-hydrogen) atoms. The second kappa shape index (κ2) is 24.8. The van der Waals surface area contributed by atoms with E-state index in [1.54, 1.807) is 0 Å². The van der Waals surface area contributed by atoms with E-state index in [-0.39, 0.29) is 78.4 Å². The number of benzene rings is 4. The van der Waals surface area contributed by atoms with Crippen molar-refractivity contribution in [2.45, 2.75) is 58.2 Å². The topological polar surface area (TPSA) is 179 Å². The van der Waals surface area contributed by atoms with Crippen LogP contribution in [0.1, 0.15) is 47.9 Å². The van der Waals surface area contributed by atoms with Crippen molar-refractivity contribution < 1.29 is 42.9 Å². The number of amides is 5. The first-order valence-corrected chi connectivity index (χ1v) is 18.9. The smallest absolute Gasteiger partial charge is 0.410 e. The normalized spacial score (nSPS) is 11.0. The van der Waals surface area contributed by atoms with Crippen LogP contribution in [0.15, 0.2) is 121 Å². The third-order valence-electron chi connectivity index (χ3n) is 8.66. The van der Waals surface area contributed by atoms with E-state index in [2.05, 4.69) is 10.6 Å². The van der Waals surface area contributed by atoms with E-state index in [0.29, 0.717) is 6.42 Å². The molecule has 0 saturated carbocycles. The van der Waals surface area contributed by atoms with Gasteiger partial charge in [0, 0.05) is 32.7 Å².